The lowest BCUT2D eigenvalue weighted by molar-refractivity contribution is -0.0527. The SMILES string of the molecule is CC1CN(CCC(O)c2cccc(Cl)c2Cl)C(C)CO1. The number of rotatable bonds is 4. The normalized spacial score (nSPS) is 25.6. The van der Waals surface area contributed by atoms with Crippen molar-refractivity contribution in [3.63, 3.8) is 0 Å². The summed E-state index contributed by atoms with van der Waals surface area (Å²) in [6, 6.07) is 5.75. The minimum Gasteiger partial charge on any atom is -0.388 e. The quantitative estimate of drug-likeness (QED) is 0.922. The molecule has 20 heavy (non-hydrogen) atoms. The van der Waals surface area contributed by atoms with E-state index in [0.29, 0.717) is 28.1 Å². The molecule has 1 N–H and O–H groups in total. The molecule has 0 aliphatic carbocycles. The lowest BCUT2D eigenvalue weighted by Crippen LogP contribution is -2.47. The molecule has 1 heterocycles. The molecule has 0 saturated carbocycles. The van der Waals surface area contributed by atoms with Crippen molar-refractivity contribution in [1.82, 2.24) is 4.90 Å². The second-order valence-corrected chi connectivity index (χ2v) is 6.22. The van der Waals surface area contributed by atoms with Gasteiger partial charge in [0.2, 0.25) is 0 Å². The zero-order valence-corrected chi connectivity index (χ0v) is 13.4. The highest BCUT2D eigenvalue weighted by Gasteiger charge is 2.24. The van der Waals surface area contributed by atoms with Crippen LogP contribution in [0.1, 0.15) is 31.9 Å². The molecular weight excluding hydrogens is 297 g/mol. The van der Waals surface area contributed by atoms with E-state index in [0.717, 1.165) is 19.7 Å². The molecule has 0 bridgehead atoms. The summed E-state index contributed by atoms with van der Waals surface area (Å²) in [5.74, 6) is 0. The Morgan fingerprint density at radius 1 is 1.40 bits per heavy atom. The van der Waals surface area contributed by atoms with Gasteiger partial charge in [0.25, 0.3) is 0 Å². The lowest BCUT2D eigenvalue weighted by Gasteiger charge is -2.37. The van der Waals surface area contributed by atoms with E-state index >= 15 is 0 Å². The van der Waals surface area contributed by atoms with Crippen molar-refractivity contribution in [3.05, 3.63) is 33.8 Å². The first kappa shape index (κ1) is 16.1. The molecule has 0 aromatic heterocycles. The van der Waals surface area contributed by atoms with E-state index < -0.39 is 6.10 Å². The zero-order chi connectivity index (χ0) is 14.7. The van der Waals surface area contributed by atoms with Crippen LogP contribution in [0.4, 0.5) is 0 Å². The number of hydrogen-bond acceptors (Lipinski definition) is 3. The minimum absolute atomic E-state index is 0.248. The number of ether oxygens (including phenoxy) is 1. The van der Waals surface area contributed by atoms with Gasteiger partial charge in [-0.05, 0) is 26.3 Å². The summed E-state index contributed by atoms with van der Waals surface area (Å²) >= 11 is 12.1. The van der Waals surface area contributed by atoms with E-state index in [1.165, 1.54) is 0 Å². The molecule has 0 spiro atoms. The molecule has 1 aromatic rings. The van der Waals surface area contributed by atoms with Crippen molar-refractivity contribution < 1.29 is 9.84 Å². The van der Waals surface area contributed by atoms with Crippen LogP contribution in [0.25, 0.3) is 0 Å². The summed E-state index contributed by atoms with van der Waals surface area (Å²) in [6.07, 6.45) is 0.293. The standard InChI is InChI=1S/C15H21Cl2NO2/c1-10-9-20-11(2)8-18(10)7-6-14(19)12-4-3-5-13(16)15(12)17/h3-5,10-11,14,19H,6-9H2,1-2H3. The van der Waals surface area contributed by atoms with Crippen LogP contribution in [0, 0.1) is 0 Å². The van der Waals surface area contributed by atoms with Crippen LogP contribution in [-0.2, 0) is 4.74 Å². The van der Waals surface area contributed by atoms with Crippen molar-refractivity contribution in [2.24, 2.45) is 0 Å². The summed E-state index contributed by atoms with van der Waals surface area (Å²) in [4.78, 5) is 2.34. The second kappa shape index (κ2) is 7.10. The summed E-state index contributed by atoms with van der Waals surface area (Å²) in [5, 5.41) is 11.2. The van der Waals surface area contributed by atoms with Gasteiger partial charge in [-0.2, -0.15) is 0 Å². The molecule has 1 saturated heterocycles. The predicted octanol–water partition coefficient (Wildman–Crippen LogP) is 3.53. The van der Waals surface area contributed by atoms with Crippen LogP contribution < -0.4 is 0 Å². The van der Waals surface area contributed by atoms with Crippen molar-refractivity contribution >= 4 is 23.2 Å². The molecule has 3 unspecified atom stereocenters. The Balaban J connectivity index is 1.94. The summed E-state index contributed by atoms with van der Waals surface area (Å²) in [6.45, 7) is 6.68. The highest BCUT2D eigenvalue weighted by atomic mass is 35.5. The number of hydrogen-bond donors (Lipinski definition) is 1. The van der Waals surface area contributed by atoms with Gasteiger partial charge in [0.05, 0.1) is 28.9 Å². The average Bonchev–Trinajstić information content (AvgIpc) is 2.42. The topological polar surface area (TPSA) is 32.7 Å². The molecule has 0 amide bonds. The van der Waals surface area contributed by atoms with Gasteiger partial charge in [-0.3, -0.25) is 4.90 Å². The van der Waals surface area contributed by atoms with Crippen LogP contribution in [0.3, 0.4) is 0 Å². The molecule has 0 radical (unpaired) electrons. The van der Waals surface area contributed by atoms with Crippen LogP contribution in [0.2, 0.25) is 10.0 Å². The number of morpholine rings is 1. The molecule has 5 heteroatoms. The Bertz CT molecular complexity index is 455. The van der Waals surface area contributed by atoms with Crippen LogP contribution in [0.5, 0.6) is 0 Å². The van der Waals surface area contributed by atoms with Gasteiger partial charge in [-0.1, -0.05) is 35.3 Å². The molecular formula is C15H21Cl2NO2. The second-order valence-electron chi connectivity index (χ2n) is 5.44. The number of aliphatic hydroxyl groups is 1. The maximum absolute atomic E-state index is 10.3. The third kappa shape index (κ3) is 3.86. The van der Waals surface area contributed by atoms with Crippen molar-refractivity contribution in [2.75, 3.05) is 19.7 Å². The van der Waals surface area contributed by atoms with E-state index in [1.54, 1.807) is 6.07 Å². The molecule has 1 aromatic carbocycles. The van der Waals surface area contributed by atoms with Crippen LogP contribution in [-0.4, -0.2) is 41.8 Å². The van der Waals surface area contributed by atoms with Gasteiger partial charge < -0.3 is 9.84 Å². The molecule has 112 valence electrons. The first-order chi connectivity index (χ1) is 9.49. The minimum atomic E-state index is -0.591. The number of nitrogens with zero attached hydrogens (tertiary/aromatic N) is 1. The monoisotopic (exact) mass is 317 g/mol. The van der Waals surface area contributed by atoms with Gasteiger partial charge in [-0.15, -0.1) is 0 Å². The van der Waals surface area contributed by atoms with E-state index in [-0.39, 0.29) is 6.10 Å². The third-order valence-electron chi connectivity index (χ3n) is 3.77. The lowest BCUT2D eigenvalue weighted by atomic mass is 10.1. The largest absolute Gasteiger partial charge is 0.388 e. The number of aliphatic hydroxyl groups excluding tert-OH is 1. The van der Waals surface area contributed by atoms with E-state index in [2.05, 4.69) is 18.7 Å². The molecule has 1 aliphatic heterocycles. The number of halogens is 2. The van der Waals surface area contributed by atoms with Crippen LogP contribution in [0.15, 0.2) is 18.2 Å². The fourth-order valence-corrected chi connectivity index (χ4v) is 2.94. The Morgan fingerprint density at radius 3 is 2.90 bits per heavy atom. The first-order valence-corrected chi connectivity index (χ1v) is 7.72. The molecule has 1 fully saturated rings. The molecule has 2 rings (SSSR count). The fraction of sp³-hybridized carbons (Fsp3) is 0.600. The van der Waals surface area contributed by atoms with E-state index in [4.69, 9.17) is 27.9 Å². The first-order valence-electron chi connectivity index (χ1n) is 6.96. The van der Waals surface area contributed by atoms with Gasteiger partial charge in [-0.25, -0.2) is 0 Å². The summed E-state index contributed by atoms with van der Waals surface area (Å²) in [7, 11) is 0. The Hall–Kier alpha value is -0.320. The molecule has 3 atom stereocenters. The Kier molecular flexibility index (Phi) is 5.70. The number of benzene rings is 1. The maximum Gasteiger partial charge on any atom is 0.0817 e. The zero-order valence-electron chi connectivity index (χ0n) is 11.9. The smallest absolute Gasteiger partial charge is 0.0817 e. The van der Waals surface area contributed by atoms with Gasteiger partial charge >= 0.3 is 0 Å². The summed E-state index contributed by atoms with van der Waals surface area (Å²) in [5.41, 5.74) is 0.702. The fourth-order valence-electron chi connectivity index (χ4n) is 2.50. The van der Waals surface area contributed by atoms with Gasteiger partial charge in [0.1, 0.15) is 0 Å². The van der Waals surface area contributed by atoms with Crippen LogP contribution >= 0.6 is 23.2 Å². The third-order valence-corrected chi connectivity index (χ3v) is 4.60. The van der Waals surface area contributed by atoms with Crippen molar-refractivity contribution in [3.8, 4) is 0 Å². The van der Waals surface area contributed by atoms with Gasteiger partial charge in [0, 0.05) is 24.7 Å². The van der Waals surface area contributed by atoms with Crippen molar-refractivity contribution in [2.45, 2.75) is 38.5 Å². The molecule has 3 nitrogen and oxygen atoms in total. The Labute approximate surface area is 130 Å². The molecule has 1 aliphatic rings. The van der Waals surface area contributed by atoms with E-state index in [1.807, 2.05) is 12.1 Å². The average molecular weight is 318 g/mol. The Morgan fingerprint density at radius 2 is 2.15 bits per heavy atom. The van der Waals surface area contributed by atoms with Gasteiger partial charge in [0.15, 0.2) is 0 Å². The summed E-state index contributed by atoms with van der Waals surface area (Å²) < 4.78 is 5.60. The highest BCUT2D eigenvalue weighted by molar-refractivity contribution is 6.42. The van der Waals surface area contributed by atoms with Crippen molar-refractivity contribution in [1.29, 1.82) is 0 Å². The maximum atomic E-state index is 10.3. The van der Waals surface area contributed by atoms with E-state index in [9.17, 15) is 5.11 Å². The highest BCUT2D eigenvalue weighted by Crippen LogP contribution is 2.31. The predicted molar refractivity (Wildman–Crippen MR) is 82.5 cm³/mol.